The molecule has 10 heteroatoms. The Kier molecular flexibility index (Phi) is 6.27. The molecule has 0 aliphatic carbocycles. The smallest absolute Gasteiger partial charge is 0.252 e. The lowest BCUT2D eigenvalue weighted by Crippen LogP contribution is -2.45. The summed E-state index contributed by atoms with van der Waals surface area (Å²) in [7, 11) is -4.04. The van der Waals surface area contributed by atoms with Crippen molar-refractivity contribution in [2.24, 2.45) is 5.14 Å². The number of anilines is 2. The lowest BCUT2D eigenvalue weighted by Gasteiger charge is -2.37. The van der Waals surface area contributed by atoms with Crippen molar-refractivity contribution in [2.45, 2.75) is 23.8 Å². The van der Waals surface area contributed by atoms with Crippen molar-refractivity contribution in [3.05, 3.63) is 89.7 Å². The van der Waals surface area contributed by atoms with Crippen LogP contribution in [0.2, 0.25) is 0 Å². The number of nitrogens with two attached hydrogens (primary N) is 1. The summed E-state index contributed by atoms with van der Waals surface area (Å²) < 4.78 is 36.7. The highest BCUT2D eigenvalue weighted by Gasteiger charge is 2.38. The average molecular weight is 482 g/mol. The molecule has 0 bridgehead atoms. The normalized spacial score (nSPS) is 15.4. The first kappa shape index (κ1) is 23.3. The van der Waals surface area contributed by atoms with Crippen LogP contribution in [0.25, 0.3) is 0 Å². The molecular weight excluding hydrogens is 461 g/mol. The molecule has 1 aliphatic rings. The molecule has 8 nitrogen and oxygen atoms in total. The van der Waals surface area contributed by atoms with E-state index in [9.17, 15) is 27.2 Å². The fourth-order valence-electron chi connectivity index (χ4n) is 3.79. The molecule has 3 aromatic rings. The van der Waals surface area contributed by atoms with E-state index in [0.717, 1.165) is 12.1 Å². The number of nitrogens with one attached hydrogen (secondary N) is 1. The molecule has 174 valence electrons. The van der Waals surface area contributed by atoms with E-state index in [1.165, 1.54) is 35.2 Å². The molecule has 0 spiro atoms. The molecule has 3 N–H and O–H groups in total. The van der Waals surface area contributed by atoms with E-state index in [4.69, 9.17) is 5.14 Å². The van der Waals surface area contributed by atoms with Gasteiger partial charge in [-0.15, -0.1) is 0 Å². The largest absolute Gasteiger partial charge is 0.322 e. The number of hydrogen-bond acceptors (Lipinski definition) is 5. The lowest BCUT2D eigenvalue weighted by molar-refractivity contribution is -0.124. The third-order valence-corrected chi connectivity index (χ3v) is 6.35. The molecule has 0 fully saturated rings. The van der Waals surface area contributed by atoms with Gasteiger partial charge < -0.3 is 5.32 Å². The number of nitrogens with zero attached hydrogens (tertiary/aromatic N) is 1. The number of ketones is 1. The van der Waals surface area contributed by atoms with Crippen molar-refractivity contribution in [3.63, 3.8) is 0 Å². The number of sulfonamides is 1. The number of carbonyl (C=O) groups excluding carboxylic acids is 3. The number of carbonyl (C=O) groups is 3. The Morgan fingerprint density at radius 3 is 2.29 bits per heavy atom. The molecule has 2 amide bonds. The molecule has 0 saturated heterocycles. The maximum atomic E-state index is 13.4. The fourth-order valence-corrected chi connectivity index (χ4v) is 4.33. The van der Waals surface area contributed by atoms with Gasteiger partial charge >= 0.3 is 0 Å². The maximum absolute atomic E-state index is 13.4. The first-order valence-electron chi connectivity index (χ1n) is 10.3. The quantitative estimate of drug-likeness (QED) is 0.523. The van der Waals surface area contributed by atoms with Crippen molar-refractivity contribution in [1.29, 1.82) is 0 Å². The molecule has 1 heterocycles. The third kappa shape index (κ3) is 4.73. The van der Waals surface area contributed by atoms with E-state index in [1.54, 1.807) is 30.3 Å². The number of hydrogen-bond donors (Lipinski definition) is 2. The third-order valence-electron chi connectivity index (χ3n) is 5.44. The molecule has 4 rings (SSSR count). The summed E-state index contributed by atoms with van der Waals surface area (Å²) in [5.41, 5.74) is 1.20. The first-order chi connectivity index (χ1) is 16.1. The van der Waals surface area contributed by atoms with Crippen LogP contribution in [-0.2, 0) is 19.6 Å². The number of fused-ring (bicyclic) bond motifs is 1. The van der Waals surface area contributed by atoms with E-state index in [2.05, 4.69) is 5.32 Å². The second-order valence-electron chi connectivity index (χ2n) is 7.72. The second-order valence-corrected chi connectivity index (χ2v) is 9.28. The Morgan fingerprint density at radius 1 is 0.971 bits per heavy atom. The first-order valence-corrected chi connectivity index (χ1v) is 11.8. The Balaban J connectivity index is 1.68. The average Bonchev–Trinajstić information content (AvgIpc) is 2.81. The predicted octanol–water partition coefficient (Wildman–Crippen LogP) is 3.16. The van der Waals surface area contributed by atoms with Gasteiger partial charge in [-0.05, 0) is 48.0 Å². The van der Waals surface area contributed by atoms with Gasteiger partial charge in [0.15, 0.2) is 5.78 Å². The van der Waals surface area contributed by atoms with Crippen LogP contribution < -0.4 is 15.4 Å². The van der Waals surface area contributed by atoms with Gasteiger partial charge in [-0.1, -0.05) is 30.3 Å². The minimum absolute atomic E-state index is 0.113. The van der Waals surface area contributed by atoms with E-state index in [1.807, 2.05) is 0 Å². The summed E-state index contributed by atoms with van der Waals surface area (Å²) in [5, 5.41) is 7.85. The standard InChI is InChI=1S/C24H20FN3O5S/c25-17-8-6-15(7-9-17)21(29)12-13-22(30)28-20-11-10-18(34(26,32)33)14-19(20)27-24(31)23(28)16-4-2-1-3-5-16/h1-11,14,23H,12-13H2,(H,27,31)(H2,26,32,33). The summed E-state index contributed by atoms with van der Waals surface area (Å²) in [6.07, 6.45) is -0.377. The molecular formula is C24H20FN3O5S. The van der Waals surface area contributed by atoms with Crippen LogP contribution in [-0.4, -0.2) is 26.0 Å². The minimum atomic E-state index is -4.04. The Hall–Kier alpha value is -3.89. The van der Waals surface area contributed by atoms with Gasteiger partial charge in [0.2, 0.25) is 15.9 Å². The minimum Gasteiger partial charge on any atom is -0.322 e. The van der Waals surface area contributed by atoms with Crippen molar-refractivity contribution >= 4 is 39.0 Å². The highest BCUT2D eigenvalue weighted by atomic mass is 32.2. The van der Waals surface area contributed by atoms with Crippen molar-refractivity contribution in [2.75, 3.05) is 10.2 Å². The number of benzene rings is 3. The van der Waals surface area contributed by atoms with E-state index >= 15 is 0 Å². The topological polar surface area (TPSA) is 127 Å². The fraction of sp³-hybridized carbons (Fsp3) is 0.125. The van der Waals surface area contributed by atoms with Crippen LogP contribution >= 0.6 is 0 Å². The molecule has 0 saturated carbocycles. The monoisotopic (exact) mass is 481 g/mol. The summed E-state index contributed by atoms with van der Waals surface area (Å²) in [6, 6.07) is 16.4. The molecule has 1 unspecified atom stereocenters. The van der Waals surface area contributed by atoms with Gasteiger partial charge in [0.1, 0.15) is 11.9 Å². The van der Waals surface area contributed by atoms with Gasteiger partial charge in [-0.3, -0.25) is 19.3 Å². The van der Waals surface area contributed by atoms with E-state index in [0.29, 0.717) is 5.56 Å². The number of halogens is 1. The summed E-state index contributed by atoms with van der Waals surface area (Å²) in [5.74, 6) is -1.88. The molecule has 3 aromatic carbocycles. The van der Waals surface area contributed by atoms with E-state index in [-0.39, 0.29) is 40.5 Å². The molecule has 1 aliphatic heterocycles. The van der Waals surface area contributed by atoms with Crippen LogP contribution in [0.3, 0.4) is 0 Å². The van der Waals surface area contributed by atoms with Gasteiger partial charge in [-0.2, -0.15) is 0 Å². The summed E-state index contributed by atoms with van der Waals surface area (Å²) >= 11 is 0. The maximum Gasteiger partial charge on any atom is 0.252 e. The number of Topliss-reactive ketones (excluding diaryl/α,β-unsaturated/α-hetero) is 1. The van der Waals surface area contributed by atoms with Crippen molar-refractivity contribution < 1.29 is 27.2 Å². The molecule has 1 atom stereocenters. The molecule has 34 heavy (non-hydrogen) atoms. The predicted molar refractivity (Wildman–Crippen MR) is 123 cm³/mol. The molecule has 0 aromatic heterocycles. The zero-order chi connectivity index (χ0) is 24.5. The number of primary sulfonamides is 1. The Morgan fingerprint density at radius 2 is 1.65 bits per heavy atom. The van der Waals surface area contributed by atoms with Gasteiger partial charge in [0.05, 0.1) is 16.3 Å². The van der Waals surface area contributed by atoms with Gasteiger partial charge in [0, 0.05) is 18.4 Å². The van der Waals surface area contributed by atoms with Crippen LogP contribution in [0.5, 0.6) is 0 Å². The van der Waals surface area contributed by atoms with Crippen LogP contribution in [0, 0.1) is 5.82 Å². The summed E-state index contributed by atoms with van der Waals surface area (Å²) in [4.78, 5) is 39.9. The van der Waals surface area contributed by atoms with Crippen molar-refractivity contribution in [1.82, 2.24) is 0 Å². The SMILES string of the molecule is NS(=O)(=O)c1ccc2c(c1)NC(=O)C(c1ccccc1)N2C(=O)CCC(=O)c1ccc(F)cc1. The highest BCUT2D eigenvalue weighted by Crippen LogP contribution is 2.40. The Bertz CT molecular complexity index is 1380. The second kappa shape index (κ2) is 9.16. The van der Waals surface area contributed by atoms with Gasteiger partial charge in [-0.25, -0.2) is 17.9 Å². The lowest BCUT2D eigenvalue weighted by atomic mass is 9.98. The zero-order valence-electron chi connectivity index (χ0n) is 17.8. The highest BCUT2D eigenvalue weighted by molar-refractivity contribution is 7.89. The van der Waals surface area contributed by atoms with Crippen molar-refractivity contribution in [3.8, 4) is 0 Å². The zero-order valence-corrected chi connectivity index (χ0v) is 18.6. The van der Waals surface area contributed by atoms with Crippen LogP contribution in [0.15, 0.2) is 77.7 Å². The van der Waals surface area contributed by atoms with E-state index < -0.39 is 33.7 Å². The number of amides is 2. The molecule has 0 radical (unpaired) electrons. The number of rotatable bonds is 6. The van der Waals surface area contributed by atoms with Crippen LogP contribution in [0.1, 0.15) is 34.8 Å². The summed E-state index contributed by atoms with van der Waals surface area (Å²) in [6.45, 7) is 0. The van der Waals surface area contributed by atoms with Crippen LogP contribution in [0.4, 0.5) is 15.8 Å². The van der Waals surface area contributed by atoms with Gasteiger partial charge in [0.25, 0.3) is 5.91 Å². The Labute approximate surface area is 195 Å².